The van der Waals surface area contributed by atoms with Crippen molar-refractivity contribution in [3.8, 4) is 0 Å². The minimum absolute atomic E-state index is 0.237. The van der Waals surface area contributed by atoms with Crippen LogP contribution in [-0.4, -0.2) is 17.9 Å². The molecule has 0 aromatic heterocycles. The Hall–Kier alpha value is -0.570. The fourth-order valence-electron chi connectivity index (χ4n) is 1.04. The standard InChI is InChI=1S/C8H16N2O/c1-6(2)7-4-8(3,5-9)11-10-7/h6H,4-5,9H2,1-3H3/t8-/m0/s1. The van der Waals surface area contributed by atoms with Crippen LogP contribution in [0.5, 0.6) is 0 Å². The monoisotopic (exact) mass is 156 g/mol. The SMILES string of the molecule is CC(C)C1=NO[C@](C)(CN)C1. The van der Waals surface area contributed by atoms with E-state index in [1.54, 1.807) is 0 Å². The zero-order valence-electron chi connectivity index (χ0n) is 7.42. The van der Waals surface area contributed by atoms with Crippen molar-refractivity contribution in [2.24, 2.45) is 16.8 Å². The summed E-state index contributed by atoms with van der Waals surface area (Å²) >= 11 is 0. The van der Waals surface area contributed by atoms with Gasteiger partial charge in [0.1, 0.15) is 0 Å². The Balaban J connectivity index is 2.55. The van der Waals surface area contributed by atoms with Crippen LogP contribution >= 0.6 is 0 Å². The summed E-state index contributed by atoms with van der Waals surface area (Å²) in [6.07, 6.45) is 0.876. The zero-order chi connectivity index (χ0) is 8.48. The van der Waals surface area contributed by atoms with Gasteiger partial charge in [-0.05, 0) is 12.8 Å². The molecule has 0 unspecified atom stereocenters. The van der Waals surface area contributed by atoms with Crippen molar-refractivity contribution in [1.29, 1.82) is 0 Å². The zero-order valence-corrected chi connectivity index (χ0v) is 7.42. The van der Waals surface area contributed by atoms with Gasteiger partial charge in [-0.3, -0.25) is 0 Å². The number of rotatable bonds is 2. The van der Waals surface area contributed by atoms with E-state index in [0.717, 1.165) is 12.1 Å². The lowest BCUT2D eigenvalue weighted by Gasteiger charge is -2.18. The second kappa shape index (κ2) is 2.81. The third kappa shape index (κ3) is 1.71. The molecule has 1 heterocycles. The van der Waals surface area contributed by atoms with Crippen molar-refractivity contribution in [3.05, 3.63) is 0 Å². The number of hydrogen-bond acceptors (Lipinski definition) is 3. The minimum Gasteiger partial charge on any atom is -0.388 e. The molecule has 3 heteroatoms. The van der Waals surface area contributed by atoms with E-state index in [0.29, 0.717) is 12.5 Å². The molecule has 11 heavy (non-hydrogen) atoms. The van der Waals surface area contributed by atoms with Crippen LogP contribution in [0.25, 0.3) is 0 Å². The van der Waals surface area contributed by atoms with E-state index in [1.165, 1.54) is 0 Å². The van der Waals surface area contributed by atoms with Crippen LogP contribution in [0.3, 0.4) is 0 Å². The summed E-state index contributed by atoms with van der Waals surface area (Å²) in [6, 6.07) is 0. The largest absolute Gasteiger partial charge is 0.388 e. The number of hydrogen-bond donors (Lipinski definition) is 1. The highest BCUT2D eigenvalue weighted by molar-refractivity contribution is 5.87. The molecule has 1 rings (SSSR count). The molecule has 0 bridgehead atoms. The predicted molar refractivity (Wildman–Crippen MR) is 45.4 cm³/mol. The Morgan fingerprint density at radius 2 is 2.36 bits per heavy atom. The molecule has 1 atom stereocenters. The van der Waals surface area contributed by atoms with Crippen molar-refractivity contribution in [3.63, 3.8) is 0 Å². The highest BCUT2D eigenvalue weighted by Gasteiger charge is 2.33. The van der Waals surface area contributed by atoms with Crippen LogP contribution in [0, 0.1) is 5.92 Å². The van der Waals surface area contributed by atoms with Crippen LogP contribution < -0.4 is 5.73 Å². The average molecular weight is 156 g/mol. The van der Waals surface area contributed by atoms with Crippen molar-refractivity contribution < 1.29 is 4.84 Å². The second-order valence-electron chi connectivity index (χ2n) is 3.66. The maximum absolute atomic E-state index is 5.53. The third-order valence-electron chi connectivity index (χ3n) is 2.04. The van der Waals surface area contributed by atoms with Gasteiger partial charge in [-0.2, -0.15) is 0 Å². The topological polar surface area (TPSA) is 47.6 Å². The van der Waals surface area contributed by atoms with Gasteiger partial charge < -0.3 is 10.6 Å². The van der Waals surface area contributed by atoms with Gasteiger partial charge in [0.15, 0.2) is 5.60 Å². The molecule has 1 aliphatic heterocycles. The molecule has 0 aromatic carbocycles. The number of nitrogens with two attached hydrogens (primary N) is 1. The van der Waals surface area contributed by atoms with E-state index in [9.17, 15) is 0 Å². The summed E-state index contributed by atoms with van der Waals surface area (Å²) in [4.78, 5) is 5.23. The maximum atomic E-state index is 5.53. The molecule has 1 aliphatic rings. The molecule has 3 nitrogen and oxygen atoms in total. The van der Waals surface area contributed by atoms with E-state index in [1.807, 2.05) is 6.92 Å². The molecular formula is C8H16N2O. The summed E-state index contributed by atoms with van der Waals surface area (Å²) in [5.41, 5.74) is 6.42. The number of oxime groups is 1. The molecule has 0 saturated carbocycles. The van der Waals surface area contributed by atoms with Crippen LogP contribution in [0.1, 0.15) is 27.2 Å². The summed E-state index contributed by atoms with van der Waals surface area (Å²) in [5, 5.41) is 4.00. The van der Waals surface area contributed by atoms with E-state index in [2.05, 4.69) is 19.0 Å². The maximum Gasteiger partial charge on any atom is 0.152 e. The predicted octanol–water partition coefficient (Wildman–Crippen LogP) is 1.14. The van der Waals surface area contributed by atoms with E-state index >= 15 is 0 Å². The molecule has 0 amide bonds. The molecule has 0 saturated heterocycles. The lowest BCUT2D eigenvalue weighted by molar-refractivity contribution is 0.00421. The minimum atomic E-state index is -0.237. The van der Waals surface area contributed by atoms with Crippen LogP contribution in [0.2, 0.25) is 0 Å². The van der Waals surface area contributed by atoms with Gasteiger partial charge in [-0.1, -0.05) is 19.0 Å². The smallest absolute Gasteiger partial charge is 0.152 e. The molecule has 0 spiro atoms. The highest BCUT2D eigenvalue weighted by atomic mass is 16.7. The van der Waals surface area contributed by atoms with Crippen LogP contribution in [0.15, 0.2) is 5.16 Å². The second-order valence-corrected chi connectivity index (χ2v) is 3.66. The first kappa shape index (κ1) is 8.53. The van der Waals surface area contributed by atoms with Crippen molar-refractivity contribution in [1.82, 2.24) is 0 Å². The first-order valence-corrected chi connectivity index (χ1v) is 4.02. The normalized spacial score (nSPS) is 30.5. The molecule has 0 radical (unpaired) electrons. The Morgan fingerprint density at radius 1 is 1.73 bits per heavy atom. The van der Waals surface area contributed by atoms with Crippen molar-refractivity contribution in [2.45, 2.75) is 32.8 Å². The Kier molecular flexibility index (Phi) is 2.18. The fraction of sp³-hybridized carbons (Fsp3) is 0.875. The van der Waals surface area contributed by atoms with Gasteiger partial charge in [0.05, 0.1) is 5.71 Å². The van der Waals surface area contributed by atoms with Crippen molar-refractivity contribution >= 4 is 5.71 Å². The fourth-order valence-corrected chi connectivity index (χ4v) is 1.04. The van der Waals surface area contributed by atoms with Crippen LogP contribution in [-0.2, 0) is 4.84 Å². The van der Waals surface area contributed by atoms with E-state index < -0.39 is 0 Å². The van der Waals surface area contributed by atoms with Gasteiger partial charge in [-0.15, -0.1) is 0 Å². The first-order valence-electron chi connectivity index (χ1n) is 4.02. The van der Waals surface area contributed by atoms with Gasteiger partial charge in [-0.25, -0.2) is 0 Å². The Labute approximate surface area is 67.6 Å². The highest BCUT2D eigenvalue weighted by Crippen LogP contribution is 2.24. The molecule has 0 fully saturated rings. The Morgan fingerprint density at radius 3 is 2.64 bits per heavy atom. The molecule has 0 aliphatic carbocycles. The van der Waals surface area contributed by atoms with Gasteiger partial charge in [0.2, 0.25) is 0 Å². The van der Waals surface area contributed by atoms with Crippen LogP contribution in [0.4, 0.5) is 0 Å². The van der Waals surface area contributed by atoms with E-state index in [-0.39, 0.29) is 5.60 Å². The molecule has 0 aromatic rings. The van der Waals surface area contributed by atoms with Crippen molar-refractivity contribution in [2.75, 3.05) is 6.54 Å². The summed E-state index contributed by atoms with van der Waals surface area (Å²) in [6.45, 7) is 6.76. The van der Waals surface area contributed by atoms with Gasteiger partial charge in [0, 0.05) is 13.0 Å². The van der Waals surface area contributed by atoms with E-state index in [4.69, 9.17) is 10.6 Å². The third-order valence-corrected chi connectivity index (χ3v) is 2.04. The molecular weight excluding hydrogens is 140 g/mol. The lowest BCUT2D eigenvalue weighted by Crippen LogP contribution is -2.34. The lowest BCUT2D eigenvalue weighted by atomic mass is 9.95. The molecule has 64 valence electrons. The average Bonchev–Trinajstić information content (AvgIpc) is 2.33. The first-order chi connectivity index (χ1) is 5.07. The summed E-state index contributed by atoms with van der Waals surface area (Å²) < 4.78 is 0. The quantitative estimate of drug-likeness (QED) is 0.651. The molecule has 2 N–H and O–H groups in total. The Bertz CT molecular complexity index is 177. The summed E-state index contributed by atoms with van der Waals surface area (Å²) in [5.74, 6) is 0.475. The summed E-state index contributed by atoms with van der Waals surface area (Å²) in [7, 11) is 0. The number of nitrogens with zero attached hydrogens (tertiary/aromatic N) is 1. The van der Waals surface area contributed by atoms with Gasteiger partial charge >= 0.3 is 0 Å². The van der Waals surface area contributed by atoms with Gasteiger partial charge in [0.25, 0.3) is 0 Å².